The average molecular weight is 632 g/mol. The van der Waals surface area contributed by atoms with E-state index in [4.69, 9.17) is 20.4 Å². The number of nitrogens with zero attached hydrogens (tertiary/aromatic N) is 3. The first-order chi connectivity index (χ1) is 20.5. The van der Waals surface area contributed by atoms with Gasteiger partial charge >= 0.3 is 23.9 Å². The van der Waals surface area contributed by atoms with Gasteiger partial charge in [0.25, 0.3) is 0 Å². The Balaban J connectivity index is 0.000000334. The van der Waals surface area contributed by atoms with Crippen LogP contribution in [-0.4, -0.2) is 106 Å². The second kappa shape index (κ2) is 18.7. The molecule has 0 aromatic heterocycles. The summed E-state index contributed by atoms with van der Waals surface area (Å²) in [4.78, 5) is 48.5. The van der Waals surface area contributed by atoms with Crippen molar-refractivity contribution in [1.82, 2.24) is 9.80 Å². The quantitative estimate of drug-likeness (QED) is 0.191. The predicted molar refractivity (Wildman–Crippen MR) is 169 cm³/mol. The number of rotatable bonds is 10. The van der Waals surface area contributed by atoms with Crippen LogP contribution in [0.15, 0.2) is 76.6 Å². The molecule has 13 heteroatoms. The number of likely N-dealkylation sites (N-methyl/N-ethyl adjacent to an activating group) is 1. The Morgan fingerprint density at radius 1 is 0.767 bits per heavy atom. The van der Waals surface area contributed by atoms with Gasteiger partial charge in [-0.15, -0.1) is 0 Å². The average Bonchev–Trinajstić information content (AvgIpc) is 2.96. The monoisotopic (exact) mass is 631 g/mol. The molecule has 0 radical (unpaired) electrons. The molecular formula is C30H37N3O8S2. The second-order valence-corrected chi connectivity index (χ2v) is 11.0. The maximum atomic E-state index is 9.55. The van der Waals surface area contributed by atoms with Gasteiger partial charge < -0.3 is 35.1 Å². The molecule has 0 bridgehead atoms. The highest BCUT2D eigenvalue weighted by atomic mass is 32.2. The van der Waals surface area contributed by atoms with Crippen molar-refractivity contribution in [2.75, 3.05) is 57.0 Å². The number of carboxylic acid groups (broad SMARTS) is 4. The molecule has 2 aliphatic heterocycles. The van der Waals surface area contributed by atoms with Gasteiger partial charge in [0.1, 0.15) is 0 Å². The van der Waals surface area contributed by atoms with Gasteiger partial charge in [-0.1, -0.05) is 30.0 Å². The molecule has 0 amide bonds. The molecule has 232 valence electrons. The van der Waals surface area contributed by atoms with Crippen molar-refractivity contribution in [3.05, 3.63) is 72.3 Å². The molecule has 11 nitrogen and oxygen atoms in total. The number of hydrogen-bond donors (Lipinski definition) is 5. The molecule has 2 aliphatic rings. The highest BCUT2D eigenvalue weighted by molar-refractivity contribution is 7.99. The second-order valence-electron chi connectivity index (χ2n) is 9.52. The van der Waals surface area contributed by atoms with Gasteiger partial charge in [0.15, 0.2) is 0 Å². The van der Waals surface area contributed by atoms with Crippen molar-refractivity contribution in [2.45, 2.75) is 22.6 Å². The number of aliphatic carboxylic acids is 4. The smallest absolute Gasteiger partial charge is 0.328 e. The summed E-state index contributed by atoms with van der Waals surface area (Å²) in [6.45, 7) is 7.05. The summed E-state index contributed by atoms with van der Waals surface area (Å²) >= 11 is 6.30. The zero-order valence-corrected chi connectivity index (χ0v) is 25.5. The van der Waals surface area contributed by atoms with Crippen molar-refractivity contribution in [2.24, 2.45) is 0 Å². The van der Waals surface area contributed by atoms with Gasteiger partial charge in [0.2, 0.25) is 0 Å². The minimum Gasteiger partial charge on any atom is -0.478 e. The molecule has 1 saturated heterocycles. The lowest BCUT2D eigenvalue weighted by molar-refractivity contribution is -0.134. The Morgan fingerprint density at radius 2 is 1.30 bits per heavy atom. The number of benzene rings is 2. The first-order valence-corrected chi connectivity index (χ1v) is 14.9. The SMILES string of the molecule is CN1CCN(CCCN2c3ccccc3Sc3cc(CCS)ccc32)CC1.O=C(O)/C=C\C(=O)O.O=C(O)/C=C\C(=O)O. The van der Waals surface area contributed by atoms with Crippen LogP contribution in [0.2, 0.25) is 0 Å². The van der Waals surface area contributed by atoms with Crippen molar-refractivity contribution >= 4 is 59.6 Å². The molecule has 0 saturated carbocycles. The minimum absolute atomic E-state index is 0.558. The molecule has 4 N–H and O–H groups in total. The van der Waals surface area contributed by atoms with E-state index in [0.717, 1.165) is 18.7 Å². The van der Waals surface area contributed by atoms with Crippen molar-refractivity contribution in [3.63, 3.8) is 0 Å². The number of carbonyl (C=O) groups is 4. The summed E-state index contributed by atoms with van der Waals surface area (Å²) in [5, 5.41) is 31.2. The fourth-order valence-electron chi connectivity index (χ4n) is 4.21. The van der Waals surface area contributed by atoms with E-state index < -0.39 is 23.9 Å². The maximum absolute atomic E-state index is 9.55. The summed E-state index contributed by atoms with van der Waals surface area (Å²) < 4.78 is 0. The largest absolute Gasteiger partial charge is 0.478 e. The summed E-state index contributed by atoms with van der Waals surface area (Å²) in [5.74, 6) is -4.13. The van der Waals surface area contributed by atoms with E-state index in [-0.39, 0.29) is 0 Å². The van der Waals surface area contributed by atoms with E-state index in [1.807, 2.05) is 11.8 Å². The van der Waals surface area contributed by atoms with Crippen LogP contribution in [0.5, 0.6) is 0 Å². The van der Waals surface area contributed by atoms with E-state index in [2.05, 4.69) is 76.8 Å². The van der Waals surface area contributed by atoms with Crippen LogP contribution in [0.1, 0.15) is 12.0 Å². The lowest BCUT2D eigenvalue weighted by Crippen LogP contribution is -2.45. The minimum atomic E-state index is -1.26. The molecule has 43 heavy (non-hydrogen) atoms. The molecule has 0 spiro atoms. The van der Waals surface area contributed by atoms with Crippen LogP contribution in [0, 0.1) is 0 Å². The van der Waals surface area contributed by atoms with E-state index in [1.165, 1.54) is 65.9 Å². The zero-order valence-electron chi connectivity index (χ0n) is 23.8. The number of carboxylic acids is 4. The van der Waals surface area contributed by atoms with Crippen molar-refractivity contribution in [1.29, 1.82) is 0 Å². The van der Waals surface area contributed by atoms with Crippen LogP contribution in [0.4, 0.5) is 11.4 Å². The highest BCUT2D eigenvalue weighted by Gasteiger charge is 2.23. The Hall–Kier alpha value is -3.78. The van der Waals surface area contributed by atoms with Gasteiger partial charge in [-0.3, -0.25) is 0 Å². The van der Waals surface area contributed by atoms with E-state index in [0.29, 0.717) is 24.3 Å². The fraction of sp³-hybridized carbons (Fsp3) is 0.333. The first kappa shape index (κ1) is 35.4. The fourth-order valence-corrected chi connectivity index (χ4v) is 5.63. The number of thiol groups is 1. The predicted octanol–water partition coefficient (Wildman–Crippen LogP) is 3.82. The Morgan fingerprint density at radius 3 is 1.84 bits per heavy atom. The van der Waals surface area contributed by atoms with Gasteiger partial charge in [-0.05, 0) is 62.0 Å². The number of piperazine rings is 1. The van der Waals surface area contributed by atoms with Crippen molar-refractivity contribution < 1.29 is 39.6 Å². The van der Waals surface area contributed by atoms with Crippen LogP contribution in [0.3, 0.4) is 0 Å². The van der Waals surface area contributed by atoms with E-state index >= 15 is 0 Å². The van der Waals surface area contributed by atoms with Crippen LogP contribution in [0.25, 0.3) is 0 Å². The molecule has 0 unspecified atom stereocenters. The first-order valence-electron chi connectivity index (χ1n) is 13.5. The number of anilines is 2. The van der Waals surface area contributed by atoms with Crippen molar-refractivity contribution in [3.8, 4) is 0 Å². The molecule has 0 aliphatic carbocycles. The van der Waals surface area contributed by atoms with Gasteiger partial charge in [0, 0.05) is 66.8 Å². The normalized spacial score (nSPS) is 14.6. The van der Waals surface area contributed by atoms with E-state index in [9.17, 15) is 19.2 Å². The molecular weight excluding hydrogens is 594 g/mol. The Kier molecular flexibility index (Phi) is 15.4. The maximum Gasteiger partial charge on any atom is 0.328 e. The summed E-state index contributed by atoms with van der Waals surface area (Å²) in [7, 11) is 2.22. The molecule has 0 atom stereocenters. The number of para-hydroxylation sites is 1. The molecule has 2 aromatic rings. The standard InChI is InChI=1S/C22H29N3S2.2C4H4O4/c1-23-12-14-24(15-13-23)10-4-11-25-19-5-2-3-6-21(19)27-22-17-18(9-16-26)7-8-20(22)25;2*5-3(6)1-2-4(7)8/h2-3,5-8,17,26H,4,9-16H2,1H3;2*1-2H,(H,5,6)(H,7,8)/b;2*2-1-. The number of hydrogen-bond acceptors (Lipinski definition) is 9. The third-order valence-electron chi connectivity index (χ3n) is 6.28. The lowest BCUT2D eigenvalue weighted by atomic mass is 10.1. The Labute approximate surface area is 260 Å². The summed E-state index contributed by atoms with van der Waals surface area (Å²) in [5.41, 5.74) is 4.10. The van der Waals surface area contributed by atoms with Gasteiger partial charge in [0.05, 0.1) is 11.4 Å². The molecule has 2 aromatic carbocycles. The highest BCUT2D eigenvalue weighted by Crippen LogP contribution is 2.48. The number of aryl methyl sites for hydroxylation is 1. The molecule has 2 heterocycles. The van der Waals surface area contributed by atoms with Gasteiger partial charge in [-0.2, -0.15) is 12.6 Å². The molecule has 1 fully saturated rings. The van der Waals surface area contributed by atoms with E-state index in [1.54, 1.807) is 0 Å². The van der Waals surface area contributed by atoms with Crippen LogP contribution in [-0.2, 0) is 25.6 Å². The lowest BCUT2D eigenvalue weighted by Gasteiger charge is -2.35. The van der Waals surface area contributed by atoms with Crippen LogP contribution >= 0.6 is 24.4 Å². The summed E-state index contributed by atoms with van der Waals surface area (Å²) in [6, 6.07) is 15.8. The Bertz CT molecular complexity index is 1240. The third-order valence-corrected chi connectivity index (χ3v) is 7.62. The van der Waals surface area contributed by atoms with Crippen LogP contribution < -0.4 is 4.90 Å². The van der Waals surface area contributed by atoms with Gasteiger partial charge in [-0.25, -0.2) is 19.2 Å². The topological polar surface area (TPSA) is 159 Å². The zero-order chi connectivity index (χ0) is 31.8. The number of fused-ring (bicyclic) bond motifs is 2. The third kappa shape index (κ3) is 13.4. The molecule has 4 rings (SSSR count). The summed E-state index contributed by atoms with van der Waals surface area (Å²) in [6.07, 6.45) is 4.46.